The molecule has 12 heteroatoms. The Hall–Kier alpha value is -4.48. The fraction of sp³-hybridized carbons (Fsp3) is 0.238. The van der Waals surface area contributed by atoms with E-state index in [2.05, 4.69) is 15.4 Å². The molecule has 0 bridgehead atoms. The summed E-state index contributed by atoms with van der Waals surface area (Å²) in [6.07, 6.45) is -0.501. The van der Waals surface area contributed by atoms with Crippen LogP contribution >= 0.6 is 0 Å². The zero-order chi connectivity index (χ0) is 24.4. The van der Waals surface area contributed by atoms with E-state index in [-0.39, 0.29) is 24.2 Å². The lowest BCUT2D eigenvalue weighted by atomic mass is 10.2. The third kappa shape index (κ3) is 7.61. The van der Waals surface area contributed by atoms with E-state index < -0.39 is 35.3 Å². The van der Waals surface area contributed by atoms with E-state index in [0.29, 0.717) is 17.0 Å². The minimum absolute atomic E-state index is 0.113. The number of carbonyl (C=O) groups excluding carboxylic acids is 4. The van der Waals surface area contributed by atoms with Gasteiger partial charge >= 0.3 is 11.9 Å². The lowest BCUT2D eigenvalue weighted by molar-refractivity contribution is -0.383. The molecule has 0 aliphatic rings. The number of carbonyl (C=O) groups is 4. The number of nitro groups is 1. The van der Waals surface area contributed by atoms with E-state index in [9.17, 15) is 29.3 Å². The number of rotatable bonds is 10. The average Bonchev–Trinajstić information content (AvgIpc) is 2.81. The molecule has 2 aromatic carbocycles. The number of hydrogen-bond acceptors (Lipinski definition) is 9. The minimum Gasteiger partial charge on any atom is -0.497 e. The van der Waals surface area contributed by atoms with Crippen LogP contribution in [0.3, 0.4) is 0 Å². The Labute approximate surface area is 188 Å². The van der Waals surface area contributed by atoms with Gasteiger partial charge in [0.25, 0.3) is 11.6 Å². The number of ether oxygens (including phenoxy) is 3. The standard InChI is InChI=1S/C21H21N3O9/c1-31-15-7-8-17(24(29)30)16(11-15)23-19(26)12-33-20(27)10-9-18(25)22-14-5-3-13(4-6-14)21(28)32-2/h3-8,11H,9-10,12H2,1-2H3,(H,22,25)(H,23,26). The quantitative estimate of drug-likeness (QED) is 0.308. The Kier molecular flexibility index (Phi) is 8.85. The smallest absolute Gasteiger partial charge is 0.337 e. The van der Waals surface area contributed by atoms with Gasteiger partial charge in [0.2, 0.25) is 5.91 Å². The molecule has 0 spiro atoms. The molecular formula is C21H21N3O9. The van der Waals surface area contributed by atoms with Crippen molar-refractivity contribution in [3.05, 3.63) is 58.1 Å². The van der Waals surface area contributed by atoms with Gasteiger partial charge in [-0.25, -0.2) is 4.79 Å². The van der Waals surface area contributed by atoms with Gasteiger partial charge < -0.3 is 24.8 Å². The van der Waals surface area contributed by atoms with Crippen LogP contribution in [0.4, 0.5) is 17.1 Å². The fourth-order valence-corrected chi connectivity index (χ4v) is 2.55. The van der Waals surface area contributed by atoms with Crippen LogP contribution in [-0.2, 0) is 23.9 Å². The highest BCUT2D eigenvalue weighted by Gasteiger charge is 2.18. The SMILES string of the molecule is COC(=O)c1ccc(NC(=O)CCC(=O)OCC(=O)Nc2cc(OC)ccc2[N+](=O)[O-])cc1. The summed E-state index contributed by atoms with van der Waals surface area (Å²) in [7, 11) is 2.62. The first-order valence-corrected chi connectivity index (χ1v) is 9.49. The first-order chi connectivity index (χ1) is 15.7. The minimum atomic E-state index is -0.804. The summed E-state index contributed by atoms with van der Waals surface area (Å²) in [5, 5.41) is 15.9. The molecular weight excluding hydrogens is 438 g/mol. The highest BCUT2D eigenvalue weighted by Crippen LogP contribution is 2.28. The average molecular weight is 459 g/mol. The number of hydrogen-bond donors (Lipinski definition) is 2. The molecule has 0 heterocycles. The van der Waals surface area contributed by atoms with Crippen molar-refractivity contribution in [3.63, 3.8) is 0 Å². The molecule has 0 atom stereocenters. The highest BCUT2D eigenvalue weighted by atomic mass is 16.6. The fourth-order valence-electron chi connectivity index (χ4n) is 2.55. The molecule has 12 nitrogen and oxygen atoms in total. The van der Waals surface area contributed by atoms with Crippen LogP contribution in [0.1, 0.15) is 23.2 Å². The van der Waals surface area contributed by atoms with Crippen molar-refractivity contribution in [3.8, 4) is 5.75 Å². The zero-order valence-electron chi connectivity index (χ0n) is 17.8. The van der Waals surface area contributed by atoms with Crippen LogP contribution < -0.4 is 15.4 Å². The van der Waals surface area contributed by atoms with Crippen LogP contribution in [0.15, 0.2) is 42.5 Å². The van der Waals surface area contributed by atoms with Crippen LogP contribution in [0.5, 0.6) is 5.75 Å². The Morgan fingerprint density at radius 1 is 0.939 bits per heavy atom. The largest absolute Gasteiger partial charge is 0.497 e. The van der Waals surface area contributed by atoms with Gasteiger partial charge in [-0.05, 0) is 30.3 Å². The van der Waals surface area contributed by atoms with Crippen molar-refractivity contribution < 1.29 is 38.3 Å². The number of nitrogens with zero attached hydrogens (tertiary/aromatic N) is 1. The molecule has 2 N–H and O–H groups in total. The van der Waals surface area contributed by atoms with Crippen molar-refractivity contribution in [1.82, 2.24) is 0 Å². The maximum Gasteiger partial charge on any atom is 0.337 e. The highest BCUT2D eigenvalue weighted by molar-refractivity contribution is 5.96. The van der Waals surface area contributed by atoms with Gasteiger partial charge in [0.15, 0.2) is 6.61 Å². The Bertz CT molecular complexity index is 1050. The van der Waals surface area contributed by atoms with Gasteiger partial charge in [0.1, 0.15) is 11.4 Å². The molecule has 0 saturated heterocycles. The van der Waals surface area contributed by atoms with Crippen molar-refractivity contribution in [2.75, 3.05) is 31.5 Å². The second-order valence-corrected chi connectivity index (χ2v) is 6.47. The van der Waals surface area contributed by atoms with Crippen molar-refractivity contribution in [1.29, 1.82) is 0 Å². The zero-order valence-corrected chi connectivity index (χ0v) is 17.8. The second-order valence-electron chi connectivity index (χ2n) is 6.47. The van der Waals surface area contributed by atoms with Crippen molar-refractivity contribution in [2.24, 2.45) is 0 Å². The summed E-state index contributed by atoms with van der Waals surface area (Å²) in [6, 6.07) is 9.76. The van der Waals surface area contributed by atoms with Crippen LogP contribution in [0.25, 0.3) is 0 Å². The van der Waals surface area contributed by atoms with E-state index in [1.807, 2.05) is 0 Å². The van der Waals surface area contributed by atoms with Gasteiger partial charge in [-0.2, -0.15) is 0 Å². The van der Waals surface area contributed by atoms with Crippen molar-refractivity contribution in [2.45, 2.75) is 12.8 Å². The third-order valence-electron chi connectivity index (χ3n) is 4.18. The molecule has 0 aromatic heterocycles. The third-order valence-corrected chi connectivity index (χ3v) is 4.18. The van der Waals surface area contributed by atoms with Gasteiger partial charge in [-0.15, -0.1) is 0 Å². The first kappa shape index (κ1) is 24.8. The van der Waals surface area contributed by atoms with Gasteiger partial charge in [0.05, 0.1) is 31.1 Å². The Balaban J connectivity index is 1.79. The summed E-state index contributed by atoms with van der Waals surface area (Å²) in [5.41, 5.74) is 0.265. The maximum absolute atomic E-state index is 12.0. The molecule has 0 unspecified atom stereocenters. The molecule has 2 aromatic rings. The summed E-state index contributed by atoms with van der Waals surface area (Å²) >= 11 is 0. The van der Waals surface area contributed by atoms with Gasteiger partial charge in [0, 0.05) is 24.2 Å². The van der Waals surface area contributed by atoms with Crippen molar-refractivity contribution >= 4 is 40.8 Å². The van der Waals surface area contributed by atoms with Crippen LogP contribution in [0.2, 0.25) is 0 Å². The topological polar surface area (TPSA) is 163 Å². The monoisotopic (exact) mass is 459 g/mol. The molecule has 33 heavy (non-hydrogen) atoms. The summed E-state index contributed by atoms with van der Waals surface area (Å²) in [5.74, 6) is -2.30. The number of nitrogens with one attached hydrogen (secondary N) is 2. The molecule has 0 radical (unpaired) electrons. The number of methoxy groups -OCH3 is 2. The Morgan fingerprint density at radius 3 is 2.24 bits per heavy atom. The lowest BCUT2D eigenvalue weighted by Crippen LogP contribution is -2.22. The lowest BCUT2D eigenvalue weighted by Gasteiger charge is -2.09. The number of amides is 2. The molecule has 174 valence electrons. The molecule has 2 rings (SSSR count). The van der Waals surface area contributed by atoms with Gasteiger partial charge in [-0.3, -0.25) is 24.5 Å². The predicted octanol–water partition coefficient (Wildman–Crippen LogP) is 2.29. The van der Waals surface area contributed by atoms with E-state index in [4.69, 9.17) is 9.47 Å². The van der Waals surface area contributed by atoms with E-state index in [1.54, 1.807) is 0 Å². The van der Waals surface area contributed by atoms with E-state index in [0.717, 1.165) is 0 Å². The predicted molar refractivity (Wildman–Crippen MR) is 115 cm³/mol. The van der Waals surface area contributed by atoms with Crippen LogP contribution in [-0.4, -0.2) is 49.5 Å². The van der Waals surface area contributed by atoms with Gasteiger partial charge in [-0.1, -0.05) is 0 Å². The molecule has 2 amide bonds. The van der Waals surface area contributed by atoms with E-state index in [1.165, 1.54) is 56.7 Å². The number of nitro benzene ring substituents is 1. The first-order valence-electron chi connectivity index (χ1n) is 9.49. The normalized spacial score (nSPS) is 10.0. The van der Waals surface area contributed by atoms with E-state index >= 15 is 0 Å². The molecule has 0 aliphatic heterocycles. The molecule has 0 aliphatic carbocycles. The number of benzene rings is 2. The van der Waals surface area contributed by atoms with Crippen LogP contribution in [0, 0.1) is 10.1 Å². The number of esters is 2. The number of anilines is 2. The Morgan fingerprint density at radius 2 is 1.64 bits per heavy atom. The maximum atomic E-state index is 12.0. The summed E-state index contributed by atoms with van der Waals surface area (Å²) in [4.78, 5) is 57.6. The molecule has 0 saturated carbocycles. The second kappa shape index (κ2) is 11.8. The summed E-state index contributed by atoms with van der Waals surface area (Å²) < 4.78 is 14.4. The molecule has 0 fully saturated rings. The summed E-state index contributed by atoms with van der Waals surface area (Å²) in [6.45, 7) is -0.691.